The summed E-state index contributed by atoms with van der Waals surface area (Å²) in [5, 5.41) is 12.0. The molecule has 2 aromatic rings. The number of hydrogen-bond donors (Lipinski definition) is 2. The number of benzene rings is 1. The van der Waals surface area contributed by atoms with Crippen molar-refractivity contribution in [1.82, 2.24) is 9.88 Å². The number of ether oxygens (including phenoxy) is 1. The number of fused-ring (bicyclic) bond motifs is 1. The van der Waals surface area contributed by atoms with Gasteiger partial charge in [0.15, 0.2) is 0 Å². The standard InChI is InChI=1S/C14H13FN2O5/c1-17-8-5-3-4-7(15)10(8)12(19)11(14(17)21)13(20)16-6-9(18)22-2/h3-5,19H,6H2,1-2H3,(H,16,20). The third-order valence-corrected chi connectivity index (χ3v) is 3.19. The summed E-state index contributed by atoms with van der Waals surface area (Å²) in [6.07, 6.45) is 0. The van der Waals surface area contributed by atoms with Crippen LogP contribution in [0.2, 0.25) is 0 Å². The normalized spacial score (nSPS) is 10.5. The van der Waals surface area contributed by atoms with Gasteiger partial charge in [0.05, 0.1) is 18.0 Å². The van der Waals surface area contributed by atoms with Crippen LogP contribution in [-0.4, -0.2) is 35.2 Å². The number of methoxy groups -OCH3 is 1. The fourth-order valence-electron chi connectivity index (χ4n) is 2.05. The van der Waals surface area contributed by atoms with E-state index in [4.69, 9.17) is 0 Å². The van der Waals surface area contributed by atoms with Gasteiger partial charge in [0, 0.05) is 7.05 Å². The van der Waals surface area contributed by atoms with Crippen molar-refractivity contribution in [1.29, 1.82) is 0 Å². The van der Waals surface area contributed by atoms with E-state index in [1.165, 1.54) is 19.2 Å². The predicted octanol–water partition coefficient (Wildman–Crippen LogP) is 0.286. The zero-order valence-corrected chi connectivity index (χ0v) is 11.8. The monoisotopic (exact) mass is 308 g/mol. The van der Waals surface area contributed by atoms with E-state index in [-0.39, 0.29) is 10.9 Å². The molecule has 1 amide bonds. The number of halogens is 1. The first kappa shape index (κ1) is 15.5. The molecule has 0 unspecified atom stereocenters. The second kappa shape index (κ2) is 5.84. The number of aromatic hydroxyl groups is 1. The van der Waals surface area contributed by atoms with Gasteiger partial charge >= 0.3 is 5.97 Å². The number of carbonyl (C=O) groups excluding carboxylic acids is 2. The molecular formula is C14H13FN2O5. The maximum absolute atomic E-state index is 13.9. The Morgan fingerprint density at radius 1 is 1.41 bits per heavy atom. The first-order chi connectivity index (χ1) is 10.4. The van der Waals surface area contributed by atoms with Crippen LogP contribution in [0.1, 0.15) is 10.4 Å². The average Bonchev–Trinajstić information content (AvgIpc) is 2.50. The van der Waals surface area contributed by atoms with Gasteiger partial charge in [0.1, 0.15) is 23.7 Å². The van der Waals surface area contributed by atoms with E-state index in [1.54, 1.807) is 0 Å². The van der Waals surface area contributed by atoms with Gasteiger partial charge < -0.3 is 19.7 Å². The smallest absolute Gasteiger partial charge is 0.325 e. The summed E-state index contributed by atoms with van der Waals surface area (Å²) in [4.78, 5) is 35.2. The quantitative estimate of drug-likeness (QED) is 0.794. The van der Waals surface area contributed by atoms with Gasteiger partial charge in [0.25, 0.3) is 11.5 Å². The Morgan fingerprint density at radius 3 is 2.73 bits per heavy atom. The average molecular weight is 308 g/mol. The van der Waals surface area contributed by atoms with Crippen molar-refractivity contribution in [2.24, 2.45) is 7.05 Å². The number of aryl methyl sites for hydroxylation is 1. The number of rotatable bonds is 3. The lowest BCUT2D eigenvalue weighted by Crippen LogP contribution is -2.35. The van der Waals surface area contributed by atoms with Gasteiger partial charge in [-0.1, -0.05) is 6.07 Å². The highest BCUT2D eigenvalue weighted by Crippen LogP contribution is 2.28. The Bertz CT molecular complexity index is 828. The molecule has 0 spiro atoms. The molecule has 0 radical (unpaired) electrons. The number of carbonyl (C=O) groups is 2. The molecule has 0 fully saturated rings. The second-order valence-electron chi connectivity index (χ2n) is 4.48. The molecule has 8 heteroatoms. The molecule has 116 valence electrons. The number of pyridine rings is 1. The summed E-state index contributed by atoms with van der Waals surface area (Å²) in [5.41, 5.74) is -1.30. The van der Waals surface area contributed by atoms with E-state index in [0.717, 1.165) is 17.7 Å². The minimum absolute atomic E-state index is 0.145. The Kier molecular flexibility index (Phi) is 4.11. The molecule has 7 nitrogen and oxygen atoms in total. The van der Waals surface area contributed by atoms with E-state index >= 15 is 0 Å². The zero-order chi connectivity index (χ0) is 16.4. The van der Waals surface area contributed by atoms with Gasteiger partial charge in [-0.3, -0.25) is 14.4 Å². The lowest BCUT2D eigenvalue weighted by molar-refractivity contribution is -0.139. The first-order valence-electron chi connectivity index (χ1n) is 6.23. The molecule has 0 aliphatic carbocycles. The lowest BCUT2D eigenvalue weighted by Gasteiger charge is -2.12. The Hall–Kier alpha value is -2.90. The van der Waals surface area contributed by atoms with E-state index < -0.39 is 41.1 Å². The van der Waals surface area contributed by atoms with Crippen LogP contribution in [0.15, 0.2) is 23.0 Å². The fourth-order valence-corrected chi connectivity index (χ4v) is 2.05. The topological polar surface area (TPSA) is 97.6 Å². The number of esters is 1. The molecule has 2 rings (SSSR count). The summed E-state index contributed by atoms with van der Waals surface area (Å²) < 4.78 is 19.3. The number of nitrogens with zero attached hydrogens (tertiary/aromatic N) is 1. The maximum Gasteiger partial charge on any atom is 0.325 e. The molecule has 0 aliphatic heterocycles. The van der Waals surface area contributed by atoms with Crippen molar-refractivity contribution >= 4 is 22.8 Å². The molecule has 2 N–H and O–H groups in total. The number of amides is 1. The van der Waals surface area contributed by atoms with E-state index in [0.29, 0.717) is 0 Å². The Balaban J connectivity index is 2.60. The van der Waals surface area contributed by atoms with Crippen molar-refractivity contribution in [2.45, 2.75) is 0 Å². The van der Waals surface area contributed by atoms with Crippen LogP contribution in [0.3, 0.4) is 0 Å². The molecule has 1 heterocycles. The number of aromatic nitrogens is 1. The van der Waals surface area contributed by atoms with Crippen molar-refractivity contribution in [3.63, 3.8) is 0 Å². The molecule has 1 aromatic carbocycles. The van der Waals surface area contributed by atoms with Crippen LogP contribution in [0.4, 0.5) is 4.39 Å². The van der Waals surface area contributed by atoms with Crippen LogP contribution in [0, 0.1) is 5.82 Å². The molecule has 22 heavy (non-hydrogen) atoms. The lowest BCUT2D eigenvalue weighted by atomic mass is 10.1. The molecule has 0 saturated carbocycles. The van der Waals surface area contributed by atoms with E-state index in [2.05, 4.69) is 10.1 Å². The van der Waals surface area contributed by atoms with Crippen molar-refractivity contribution in [2.75, 3.05) is 13.7 Å². The number of nitrogens with one attached hydrogen (secondary N) is 1. The summed E-state index contributed by atoms with van der Waals surface area (Å²) >= 11 is 0. The maximum atomic E-state index is 13.9. The molecule has 0 atom stereocenters. The molecule has 0 aliphatic rings. The highest BCUT2D eigenvalue weighted by atomic mass is 19.1. The minimum atomic E-state index is -0.992. The van der Waals surface area contributed by atoms with E-state index in [9.17, 15) is 23.9 Å². The van der Waals surface area contributed by atoms with Crippen molar-refractivity contribution in [3.8, 4) is 5.75 Å². The van der Waals surface area contributed by atoms with Gasteiger partial charge in [-0.2, -0.15) is 0 Å². The molecule has 0 saturated heterocycles. The van der Waals surface area contributed by atoms with Crippen molar-refractivity contribution < 1.29 is 23.8 Å². The zero-order valence-electron chi connectivity index (χ0n) is 11.8. The fraction of sp³-hybridized carbons (Fsp3) is 0.214. The van der Waals surface area contributed by atoms with Gasteiger partial charge in [-0.15, -0.1) is 0 Å². The summed E-state index contributed by atoms with van der Waals surface area (Å²) in [6.45, 7) is -0.479. The third-order valence-electron chi connectivity index (χ3n) is 3.19. The summed E-state index contributed by atoms with van der Waals surface area (Å²) in [7, 11) is 2.48. The predicted molar refractivity (Wildman–Crippen MR) is 75.2 cm³/mol. The van der Waals surface area contributed by atoms with Crippen LogP contribution in [0.5, 0.6) is 5.75 Å². The third kappa shape index (κ3) is 2.50. The Morgan fingerprint density at radius 2 is 2.09 bits per heavy atom. The largest absolute Gasteiger partial charge is 0.506 e. The molecule has 0 bridgehead atoms. The van der Waals surface area contributed by atoms with E-state index in [1.807, 2.05) is 0 Å². The van der Waals surface area contributed by atoms with Crippen LogP contribution >= 0.6 is 0 Å². The first-order valence-corrected chi connectivity index (χ1v) is 6.23. The van der Waals surface area contributed by atoms with Gasteiger partial charge in [-0.05, 0) is 12.1 Å². The SMILES string of the molecule is COC(=O)CNC(=O)c1c(O)c2c(F)cccc2n(C)c1=O. The highest BCUT2D eigenvalue weighted by molar-refractivity contribution is 6.03. The highest BCUT2D eigenvalue weighted by Gasteiger charge is 2.23. The Labute approximate surface area is 123 Å². The van der Waals surface area contributed by atoms with Crippen molar-refractivity contribution in [3.05, 3.63) is 39.9 Å². The minimum Gasteiger partial charge on any atom is -0.506 e. The van der Waals surface area contributed by atoms with Gasteiger partial charge in [0.2, 0.25) is 0 Å². The van der Waals surface area contributed by atoms with Crippen LogP contribution < -0.4 is 10.9 Å². The second-order valence-corrected chi connectivity index (χ2v) is 4.48. The summed E-state index contributed by atoms with van der Waals surface area (Å²) in [6, 6.07) is 3.92. The number of hydrogen-bond acceptors (Lipinski definition) is 5. The molecule has 1 aromatic heterocycles. The molecular weight excluding hydrogens is 295 g/mol. The summed E-state index contributed by atoms with van der Waals surface area (Å²) in [5.74, 6) is -3.25. The van der Waals surface area contributed by atoms with Crippen LogP contribution in [-0.2, 0) is 16.6 Å². The van der Waals surface area contributed by atoms with Gasteiger partial charge in [-0.25, -0.2) is 4.39 Å². The van der Waals surface area contributed by atoms with Crippen LogP contribution in [0.25, 0.3) is 10.9 Å².